The van der Waals surface area contributed by atoms with Crippen LogP contribution in [0.25, 0.3) is 11.0 Å². The Balaban J connectivity index is 1.41. The van der Waals surface area contributed by atoms with Gasteiger partial charge in [0.15, 0.2) is 17.4 Å². The van der Waals surface area contributed by atoms with Gasteiger partial charge in [-0.05, 0) is 55.3 Å². The van der Waals surface area contributed by atoms with Gasteiger partial charge in [0.05, 0.1) is 22.8 Å². The van der Waals surface area contributed by atoms with Gasteiger partial charge >= 0.3 is 6.03 Å². The molecule has 0 spiro atoms. The number of fused-ring (bicyclic) bond motifs is 1. The van der Waals surface area contributed by atoms with Crippen molar-refractivity contribution < 1.29 is 22.8 Å². The van der Waals surface area contributed by atoms with Gasteiger partial charge in [-0.25, -0.2) is 22.9 Å². The number of amides is 2. The van der Waals surface area contributed by atoms with Gasteiger partial charge < -0.3 is 15.5 Å². The van der Waals surface area contributed by atoms with Crippen LogP contribution in [0.15, 0.2) is 60.8 Å². The molecular formula is C26H20F3N5O2. The molecule has 1 saturated heterocycles. The molecule has 5 rings (SSSR count). The van der Waals surface area contributed by atoms with Crippen LogP contribution in [-0.4, -0.2) is 34.9 Å². The molecule has 2 heterocycles. The lowest BCUT2D eigenvalue weighted by molar-refractivity contribution is 0.103. The van der Waals surface area contributed by atoms with Crippen molar-refractivity contribution in [2.75, 3.05) is 28.6 Å². The van der Waals surface area contributed by atoms with Gasteiger partial charge in [0.25, 0.3) is 0 Å². The standard InChI is InChI=1S/C26H20F3N5O2/c27-16-4-3-5-17(11-16)31-26(36)32-18-12-19(24(29)20(28)13-18)25(35)15-6-7-21-22(10-15)33-23(14-30-21)34-8-1-2-9-34/h3-7,10-14H,1-2,8-9H2,(H2,31,32,36). The summed E-state index contributed by atoms with van der Waals surface area (Å²) in [5.74, 6) is -3.29. The Bertz CT molecular complexity index is 1490. The first-order valence-electron chi connectivity index (χ1n) is 11.3. The topological polar surface area (TPSA) is 87.2 Å². The Labute approximate surface area is 204 Å². The number of nitrogens with zero attached hydrogens (tertiary/aromatic N) is 3. The molecule has 0 unspecified atom stereocenters. The highest BCUT2D eigenvalue weighted by Crippen LogP contribution is 2.25. The predicted octanol–water partition coefficient (Wildman–Crippen LogP) is 5.52. The summed E-state index contributed by atoms with van der Waals surface area (Å²) in [5.41, 5.74) is 0.564. The van der Waals surface area contributed by atoms with Crippen molar-refractivity contribution >= 4 is 40.0 Å². The van der Waals surface area contributed by atoms with Gasteiger partial charge in [-0.3, -0.25) is 9.78 Å². The molecule has 0 bridgehead atoms. The quantitative estimate of drug-likeness (QED) is 0.359. The first-order chi connectivity index (χ1) is 17.4. The van der Waals surface area contributed by atoms with Gasteiger partial charge in [-0.2, -0.15) is 0 Å². The van der Waals surface area contributed by atoms with Crippen molar-refractivity contribution in [3.05, 3.63) is 89.4 Å². The number of hydrogen-bond donors (Lipinski definition) is 2. The van der Waals surface area contributed by atoms with Gasteiger partial charge in [-0.15, -0.1) is 0 Å². The highest BCUT2D eigenvalue weighted by atomic mass is 19.2. The second kappa shape index (κ2) is 9.65. The highest BCUT2D eigenvalue weighted by molar-refractivity contribution is 6.11. The Morgan fingerprint density at radius 2 is 1.64 bits per heavy atom. The van der Waals surface area contributed by atoms with Crippen molar-refractivity contribution in [2.24, 2.45) is 0 Å². The minimum Gasteiger partial charge on any atom is -0.355 e. The molecule has 7 nitrogen and oxygen atoms in total. The van der Waals surface area contributed by atoms with E-state index in [-0.39, 0.29) is 16.9 Å². The van der Waals surface area contributed by atoms with Crippen molar-refractivity contribution in [3.8, 4) is 0 Å². The lowest BCUT2D eigenvalue weighted by Crippen LogP contribution is -2.20. The number of carbonyl (C=O) groups is 2. The monoisotopic (exact) mass is 491 g/mol. The lowest BCUT2D eigenvalue weighted by atomic mass is 10.0. The highest BCUT2D eigenvalue weighted by Gasteiger charge is 2.21. The third kappa shape index (κ3) is 4.83. The second-order valence-electron chi connectivity index (χ2n) is 8.36. The van der Waals surface area contributed by atoms with E-state index in [2.05, 4.69) is 25.5 Å². The molecule has 3 aromatic carbocycles. The molecule has 0 aliphatic carbocycles. The number of urea groups is 1. The largest absolute Gasteiger partial charge is 0.355 e. The normalized spacial score (nSPS) is 13.1. The number of halogens is 3. The molecule has 4 aromatic rings. The van der Waals surface area contributed by atoms with E-state index < -0.39 is 34.8 Å². The SMILES string of the molecule is O=C(Nc1cccc(F)c1)Nc1cc(F)c(F)c(C(=O)c2ccc3ncc(N4CCCC4)nc3c2)c1. The Morgan fingerprint density at radius 1 is 0.861 bits per heavy atom. The minimum atomic E-state index is -1.34. The fourth-order valence-electron chi connectivity index (χ4n) is 4.08. The number of nitrogens with one attached hydrogen (secondary N) is 2. The Hall–Kier alpha value is -4.47. The van der Waals surface area contributed by atoms with Crippen LogP contribution in [0.5, 0.6) is 0 Å². The summed E-state index contributed by atoms with van der Waals surface area (Å²) < 4.78 is 42.3. The Morgan fingerprint density at radius 3 is 2.42 bits per heavy atom. The summed E-state index contributed by atoms with van der Waals surface area (Å²) >= 11 is 0. The number of anilines is 3. The van der Waals surface area contributed by atoms with Crippen molar-refractivity contribution in [3.63, 3.8) is 0 Å². The van der Waals surface area contributed by atoms with E-state index in [1.54, 1.807) is 12.3 Å². The van der Waals surface area contributed by atoms with E-state index in [9.17, 15) is 22.8 Å². The molecule has 1 aliphatic heterocycles. The zero-order valence-electron chi connectivity index (χ0n) is 18.9. The van der Waals surface area contributed by atoms with Gasteiger partial charge in [-0.1, -0.05) is 6.07 Å². The molecule has 182 valence electrons. The van der Waals surface area contributed by atoms with Crippen LogP contribution in [0.1, 0.15) is 28.8 Å². The maximum Gasteiger partial charge on any atom is 0.323 e. The van der Waals surface area contributed by atoms with Gasteiger partial charge in [0.2, 0.25) is 0 Å². The van der Waals surface area contributed by atoms with E-state index in [1.807, 2.05) is 0 Å². The minimum absolute atomic E-state index is 0.0926. The van der Waals surface area contributed by atoms with Crippen LogP contribution in [0, 0.1) is 17.5 Å². The average molecular weight is 491 g/mol. The first kappa shape index (κ1) is 23.3. The average Bonchev–Trinajstić information content (AvgIpc) is 3.40. The van der Waals surface area contributed by atoms with E-state index in [1.165, 1.54) is 30.3 Å². The van der Waals surface area contributed by atoms with Crippen LogP contribution in [-0.2, 0) is 0 Å². The molecule has 10 heteroatoms. The maximum absolute atomic E-state index is 14.6. The number of benzene rings is 3. The van der Waals surface area contributed by atoms with Crippen LogP contribution >= 0.6 is 0 Å². The van der Waals surface area contributed by atoms with Crippen molar-refractivity contribution in [1.29, 1.82) is 0 Å². The van der Waals surface area contributed by atoms with Crippen molar-refractivity contribution in [2.45, 2.75) is 12.8 Å². The molecule has 1 fully saturated rings. The van der Waals surface area contributed by atoms with Crippen LogP contribution in [0.2, 0.25) is 0 Å². The molecule has 0 atom stereocenters. The molecule has 2 N–H and O–H groups in total. The third-order valence-corrected chi connectivity index (χ3v) is 5.83. The lowest BCUT2D eigenvalue weighted by Gasteiger charge is -2.16. The summed E-state index contributed by atoms with van der Waals surface area (Å²) in [5, 5.41) is 4.72. The molecule has 0 saturated carbocycles. The van der Waals surface area contributed by atoms with E-state index in [4.69, 9.17) is 0 Å². The van der Waals surface area contributed by atoms with E-state index in [0.717, 1.165) is 44.1 Å². The van der Waals surface area contributed by atoms with E-state index >= 15 is 0 Å². The van der Waals surface area contributed by atoms with E-state index in [0.29, 0.717) is 16.9 Å². The fraction of sp³-hybridized carbons (Fsp3) is 0.154. The second-order valence-corrected chi connectivity index (χ2v) is 8.36. The number of aromatic nitrogens is 2. The number of hydrogen-bond acceptors (Lipinski definition) is 5. The number of ketones is 1. The van der Waals surface area contributed by atoms with Crippen molar-refractivity contribution in [1.82, 2.24) is 9.97 Å². The Kier molecular flexibility index (Phi) is 6.24. The van der Waals surface area contributed by atoms with Crippen LogP contribution in [0.4, 0.5) is 35.2 Å². The predicted molar refractivity (Wildman–Crippen MR) is 130 cm³/mol. The molecule has 1 aliphatic rings. The summed E-state index contributed by atoms with van der Waals surface area (Å²) in [7, 11) is 0. The zero-order chi connectivity index (χ0) is 25.2. The summed E-state index contributed by atoms with van der Waals surface area (Å²) in [6.07, 6.45) is 3.80. The fourth-order valence-corrected chi connectivity index (χ4v) is 4.08. The zero-order valence-corrected chi connectivity index (χ0v) is 18.9. The molecule has 2 amide bonds. The number of rotatable bonds is 5. The third-order valence-electron chi connectivity index (χ3n) is 5.83. The number of carbonyl (C=O) groups excluding carboxylic acids is 2. The van der Waals surface area contributed by atoms with Crippen LogP contribution in [0.3, 0.4) is 0 Å². The smallest absolute Gasteiger partial charge is 0.323 e. The van der Waals surface area contributed by atoms with Crippen LogP contribution < -0.4 is 15.5 Å². The molecular weight excluding hydrogens is 471 g/mol. The summed E-state index contributed by atoms with van der Waals surface area (Å²) in [6, 6.07) is 10.7. The maximum atomic E-state index is 14.6. The molecule has 36 heavy (non-hydrogen) atoms. The van der Waals surface area contributed by atoms with Gasteiger partial charge in [0.1, 0.15) is 11.6 Å². The van der Waals surface area contributed by atoms with Gasteiger partial charge in [0, 0.05) is 36.1 Å². The molecule has 0 radical (unpaired) electrons. The first-order valence-corrected chi connectivity index (χ1v) is 11.3. The summed E-state index contributed by atoms with van der Waals surface area (Å²) in [4.78, 5) is 36.5. The summed E-state index contributed by atoms with van der Waals surface area (Å²) in [6.45, 7) is 1.74. The molecule has 1 aromatic heterocycles.